The second-order valence-electron chi connectivity index (χ2n) is 5.85. The second kappa shape index (κ2) is 5.33. The summed E-state index contributed by atoms with van der Waals surface area (Å²) >= 11 is 0. The van der Waals surface area contributed by atoms with E-state index in [1.54, 1.807) is 6.33 Å². The zero-order valence-electron chi connectivity index (χ0n) is 12.2. The fourth-order valence-electron chi connectivity index (χ4n) is 3.25. The molecule has 1 fully saturated rings. The Morgan fingerprint density at radius 3 is 2.82 bits per heavy atom. The van der Waals surface area contributed by atoms with Crippen LogP contribution < -0.4 is 0 Å². The molecule has 0 unspecified atom stereocenters. The lowest BCUT2D eigenvalue weighted by Crippen LogP contribution is -2.37. The third kappa shape index (κ3) is 2.28. The molecule has 4 rings (SSSR count). The third-order valence-corrected chi connectivity index (χ3v) is 4.54. The molecule has 0 saturated carbocycles. The van der Waals surface area contributed by atoms with E-state index < -0.39 is 0 Å². The number of imidazole rings is 1. The zero-order valence-corrected chi connectivity index (χ0v) is 12.2. The van der Waals surface area contributed by atoms with Crippen molar-refractivity contribution >= 4 is 16.8 Å². The van der Waals surface area contributed by atoms with E-state index in [2.05, 4.69) is 15.0 Å². The lowest BCUT2D eigenvalue weighted by Gasteiger charge is -2.31. The van der Waals surface area contributed by atoms with Gasteiger partial charge in [0.2, 0.25) is 0 Å². The number of H-pyrrole nitrogens is 2. The van der Waals surface area contributed by atoms with E-state index in [4.69, 9.17) is 0 Å². The van der Waals surface area contributed by atoms with Gasteiger partial charge in [-0.05, 0) is 37.1 Å². The van der Waals surface area contributed by atoms with Gasteiger partial charge in [-0.15, -0.1) is 0 Å². The molecule has 1 aromatic carbocycles. The van der Waals surface area contributed by atoms with Gasteiger partial charge in [0, 0.05) is 53.6 Å². The van der Waals surface area contributed by atoms with Gasteiger partial charge in [0.05, 0.1) is 6.33 Å². The first kappa shape index (κ1) is 13.1. The summed E-state index contributed by atoms with van der Waals surface area (Å²) in [6.07, 6.45) is 7.48. The van der Waals surface area contributed by atoms with Gasteiger partial charge in [-0.25, -0.2) is 4.98 Å². The van der Waals surface area contributed by atoms with Crippen LogP contribution in [0.15, 0.2) is 43.0 Å². The van der Waals surface area contributed by atoms with Gasteiger partial charge in [-0.1, -0.05) is 0 Å². The Labute approximate surface area is 128 Å². The second-order valence-corrected chi connectivity index (χ2v) is 5.85. The van der Waals surface area contributed by atoms with Crippen LogP contribution in [0.1, 0.15) is 34.8 Å². The number of nitrogens with one attached hydrogen (secondary N) is 2. The number of rotatable bonds is 2. The molecule has 3 aromatic rings. The molecule has 1 saturated heterocycles. The number of piperidine rings is 1. The number of aromatic nitrogens is 3. The van der Waals surface area contributed by atoms with Gasteiger partial charge in [0.25, 0.3) is 5.91 Å². The lowest BCUT2D eigenvalue weighted by atomic mass is 9.93. The normalized spacial score (nSPS) is 16.3. The number of aromatic amines is 2. The smallest absolute Gasteiger partial charge is 0.253 e. The molecule has 22 heavy (non-hydrogen) atoms. The molecule has 2 N–H and O–H groups in total. The Morgan fingerprint density at radius 1 is 1.18 bits per heavy atom. The molecule has 5 heteroatoms. The number of carbonyl (C=O) groups is 1. The summed E-state index contributed by atoms with van der Waals surface area (Å²) in [6.45, 7) is 1.60. The molecule has 1 amide bonds. The van der Waals surface area contributed by atoms with Gasteiger partial charge in [0.15, 0.2) is 0 Å². The number of hydrogen-bond donors (Lipinski definition) is 2. The molecule has 2 aromatic heterocycles. The first-order valence-electron chi connectivity index (χ1n) is 7.66. The SMILES string of the molecule is O=C(c1ccc2[nH]ccc2c1)N1CCC(c2cnc[nH]2)CC1. The number of carbonyl (C=O) groups excluding carboxylic acids is 1. The van der Waals surface area contributed by atoms with Crippen LogP contribution >= 0.6 is 0 Å². The predicted molar refractivity (Wildman–Crippen MR) is 84.8 cm³/mol. The average molecular weight is 294 g/mol. The van der Waals surface area contributed by atoms with E-state index in [0.29, 0.717) is 5.92 Å². The zero-order chi connectivity index (χ0) is 14.9. The van der Waals surface area contributed by atoms with E-state index in [9.17, 15) is 4.79 Å². The molecule has 5 nitrogen and oxygen atoms in total. The average Bonchev–Trinajstić information content (AvgIpc) is 3.25. The molecule has 0 bridgehead atoms. The van der Waals surface area contributed by atoms with Gasteiger partial charge in [0.1, 0.15) is 0 Å². The van der Waals surface area contributed by atoms with Crippen molar-refractivity contribution in [3.05, 3.63) is 54.2 Å². The molecule has 0 atom stereocenters. The summed E-state index contributed by atoms with van der Waals surface area (Å²) < 4.78 is 0. The fraction of sp³-hybridized carbons (Fsp3) is 0.294. The molecule has 0 aliphatic carbocycles. The number of amides is 1. The van der Waals surface area contributed by atoms with Crippen LogP contribution in [0, 0.1) is 0 Å². The van der Waals surface area contributed by atoms with Crippen LogP contribution in [0.25, 0.3) is 10.9 Å². The maximum Gasteiger partial charge on any atom is 0.253 e. The highest BCUT2D eigenvalue weighted by molar-refractivity contribution is 5.98. The van der Waals surface area contributed by atoms with E-state index >= 15 is 0 Å². The van der Waals surface area contributed by atoms with Crippen molar-refractivity contribution in [2.24, 2.45) is 0 Å². The minimum absolute atomic E-state index is 0.131. The number of nitrogens with zero attached hydrogens (tertiary/aromatic N) is 2. The summed E-state index contributed by atoms with van der Waals surface area (Å²) in [5.41, 5.74) is 3.02. The first-order chi connectivity index (χ1) is 10.8. The van der Waals surface area contributed by atoms with E-state index in [1.165, 1.54) is 5.69 Å². The Kier molecular flexibility index (Phi) is 3.18. The molecule has 3 heterocycles. The predicted octanol–water partition coefficient (Wildman–Crippen LogP) is 2.91. The molecule has 0 radical (unpaired) electrons. The summed E-state index contributed by atoms with van der Waals surface area (Å²) in [6, 6.07) is 7.84. The topological polar surface area (TPSA) is 64.8 Å². The van der Waals surface area contributed by atoms with Crippen LogP contribution in [-0.2, 0) is 0 Å². The highest BCUT2D eigenvalue weighted by Gasteiger charge is 2.25. The summed E-state index contributed by atoms with van der Waals surface area (Å²) in [4.78, 5) is 25.0. The Hall–Kier alpha value is -2.56. The first-order valence-corrected chi connectivity index (χ1v) is 7.66. The Morgan fingerprint density at radius 2 is 2.05 bits per heavy atom. The number of benzene rings is 1. The molecular formula is C17H18N4O. The van der Waals surface area contributed by atoms with Gasteiger partial charge in [-0.2, -0.15) is 0 Å². The van der Waals surface area contributed by atoms with Crippen molar-refractivity contribution in [3.8, 4) is 0 Å². The van der Waals surface area contributed by atoms with Crippen molar-refractivity contribution in [1.82, 2.24) is 19.9 Å². The minimum atomic E-state index is 0.131. The van der Waals surface area contributed by atoms with Crippen molar-refractivity contribution in [3.63, 3.8) is 0 Å². The van der Waals surface area contributed by atoms with Crippen LogP contribution in [0.3, 0.4) is 0 Å². The summed E-state index contributed by atoms with van der Waals surface area (Å²) in [5, 5.41) is 1.08. The molecule has 1 aliphatic rings. The van der Waals surface area contributed by atoms with Crippen molar-refractivity contribution in [2.75, 3.05) is 13.1 Å². The quantitative estimate of drug-likeness (QED) is 0.763. The van der Waals surface area contributed by atoms with Crippen LogP contribution in [-0.4, -0.2) is 38.8 Å². The monoisotopic (exact) mass is 294 g/mol. The molecule has 112 valence electrons. The van der Waals surface area contributed by atoms with E-state index in [-0.39, 0.29) is 5.91 Å². The standard InChI is InChI=1S/C17H18N4O/c22-17(14-1-2-15-13(9-14)3-6-19-15)21-7-4-12(5-8-21)16-10-18-11-20-16/h1-3,6,9-12,19H,4-5,7-8H2,(H,18,20). The third-order valence-electron chi connectivity index (χ3n) is 4.54. The Balaban J connectivity index is 1.47. The molecule has 0 spiro atoms. The largest absolute Gasteiger partial charge is 0.361 e. The maximum atomic E-state index is 12.7. The number of fused-ring (bicyclic) bond motifs is 1. The summed E-state index contributed by atoms with van der Waals surface area (Å²) in [7, 11) is 0. The van der Waals surface area contributed by atoms with Gasteiger partial charge >= 0.3 is 0 Å². The number of likely N-dealkylation sites (tertiary alicyclic amines) is 1. The maximum absolute atomic E-state index is 12.7. The van der Waals surface area contributed by atoms with Gasteiger partial charge < -0.3 is 14.9 Å². The highest BCUT2D eigenvalue weighted by Crippen LogP contribution is 2.27. The lowest BCUT2D eigenvalue weighted by molar-refractivity contribution is 0.0712. The highest BCUT2D eigenvalue weighted by atomic mass is 16.2. The van der Waals surface area contributed by atoms with Crippen LogP contribution in [0.5, 0.6) is 0 Å². The summed E-state index contributed by atoms with van der Waals surface area (Å²) in [5.74, 6) is 0.616. The fourth-order valence-corrected chi connectivity index (χ4v) is 3.25. The van der Waals surface area contributed by atoms with Crippen molar-refractivity contribution in [1.29, 1.82) is 0 Å². The van der Waals surface area contributed by atoms with Crippen molar-refractivity contribution in [2.45, 2.75) is 18.8 Å². The van der Waals surface area contributed by atoms with Crippen molar-refractivity contribution < 1.29 is 4.79 Å². The molecular weight excluding hydrogens is 276 g/mol. The molecule has 1 aliphatic heterocycles. The minimum Gasteiger partial charge on any atom is -0.361 e. The van der Waals surface area contributed by atoms with E-state index in [1.807, 2.05) is 41.6 Å². The number of hydrogen-bond acceptors (Lipinski definition) is 2. The van der Waals surface area contributed by atoms with Gasteiger partial charge in [-0.3, -0.25) is 4.79 Å². The van der Waals surface area contributed by atoms with E-state index in [0.717, 1.165) is 42.4 Å². The Bertz CT molecular complexity index is 782. The van der Waals surface area contributed by atoms with Crippen LogP contribution in [0.2, 0.25) is 0 Å². The van der Waals surface area contributed by atoms with Crippen LogP contribution in [0.4, 0.5) is 0 Å².